The van der Waals surface area contributed by atoms with Gasteiger partial charge in [-0.15, -0.1) is 0 Å². The van der Waals surface area contributed by atoms with E-state index in [1.54, 1.807) is 7.11 Å². The Hall–Kier alpha value is -1.88. The Morgan fingerprint density at radius 3 is 2.18 bits per heavy atom. The predicted octanol–water partition coefficient (Wildman–Crippen LogP) is 5.17. The highest BCUT2D eigenvalue weighted by Gasteiger charge is 2.25. The van der Waals surface area contributed by atoms with Crippen LogP contribution in [0.25, 0.3) is 0 Å². The Balaban J connectivity index is 0. The third-order valence-electron chi connectivity index (χ3n) is 4.86. The number of aryl methyl sites for hydroxylation is 1. The molecule has 0 aromatic heterocycles. The average molecular weight is 396 g/mol. The highest BCUT2D eigenvalue weighted by molar-refractivity contribution is 5.92. The summed E-state index contributed by atoms with van der Waals surface area (Å²) in [6, 6.07) is 4.14. The van der Waals surface area contributed by atoms with Crippen molar-refractivity contribution < 1.29 is 19.1 Å². The maximum Gasteiger partial charge on any atom is 0.338 e. The molecule has 1 aromatic carbocycles. The van der Waals surface area contributed by atoms with Gasteiger partial charge < -0.3 is 19.2 Å². The number of rotatable bonds is 9. The molecule has 0 unspecified atom stereocenters. The minimum Gasteiger partial charge on any atom is -0.465 e. The molecule has 0 heterocycles. The molecule has 1 rings (SSSR count). The summed E-state index contributed by atoms with van der Waals surface area (Å²) in [6.07, 6.45) is 3.12. The molecule has 0 N–H and O–H groups in total. The largest absolute Gasteiger partial charge is 0.465 e. The van der Waals surface area contributed by atoms with Gasteiger partial charge in [-0.1, -0.05) is 40.7 Å². The molecule has 0 spiro atoms. The van der Waals surface area contributed by atoms with Crippen molar-refractivity contribution >= 4 is 18.4 Å². The van der Waals surface area contributed by atoms with Crippen LogP contribution in [0.3, 0.4) is 0 Å². The monoisotopic (exact) mass is 395 g/mol. The van der Waals surface area contributed by atoms with E-state index in [1.807, 2.05) is 33.6 Å². The van der Waals surface area contributed by atoms with Crippen LogP contribution in [0.1, 0.15) is 75.4 Å². The maximum absolute atomic E-state index is 12.1. The van der Waals surface area contributed by atoms with Crippen LogP contribution in [0.5, 0.6) is 0 Å². The number of hydrogen-bond donors (Lipinski definition) is 0. The first-order chi connectivity index (χ1) is 13.3. The maximum atomic E-state index is 12.1. The van der Waals surface area contributed by atoms with Gasteiger partial charge in [0.1, 0.15) is 6.79 Å². The van der Waals surface area contributed by atoms with Crippen molar-refractivity contribution in [3.05, 3.63) is 28.8 Å². The number of hydrogen-bond acceptors (Lipinski definition) is 5. The van der Waals surface area contributed by atoms with Crippen molar-refractivity contribution in [2.45, 2.75) is 66.2 Å². The molecule has 0 aliphatic heterocycles. The Labute approximate surface area is 172 Å². The summed E-state index contributed by atoms with van der Waals surface area (Å²) in [6.45, 7) is 16.4. The molecule has 162 valence electrons. The minimum absolute atomic E-state index is 0.0511. The molecule has 1 aromatic rings. The summed E-state index contributed by atoms with van der Waals surface area (Å²) in [5, 5.41) is 0. The summed E-state index contributed by atoms with van der Waals surface area (Å²) < 4.78 is 10.1. The van der Waals surface area contributed by atoms with Crippen molar-refractivity contribution in [2.24, 2.45) is 0 Å². The Morgan fingerprint density at radius 1 is 1.14 bits per heavy atom. The zero-order valence-electron chi connectivity index (χ0n) is 19.5. The quantitative estimate of drug-likeness (QED) is 0.426. The molecule has 0 atom stereocenters. The summed E-state index contributed by atoms with van der Waals surface area (Å²) in [5.41, 5.74) is 4.06. The van der Waals surface area contributed by atoms with Crippen LogP contribution in [-0.4, -0.2) is 47.2 Å². The van der Waals surface area contributed by atoms with Crippen LogP contribution in [0, 0.1) is 6.92 Å². The van der Waals surface area contributed by atoms with Crippen molar-refractivity contribution in [1.82, 2.24) is 0 Å². The van der Waals surface area contributed by atoms with Gasteiger partial charge in [0.15, 0.2) is 0 Å². The Morgan fingerprint density at radius 2 is 1.71 bits per heavy atom. The standard InChI is InChI=1S/C20H33NO3.C2H6.CH2O/c1-8-20(3,4)17-13-15(2)16(19(22)24-7)14-18(17)21(5)11-9-10-12-23-6;2*1-2/h13-14H,8-12H2,1-7H3;1-2H3;1H2. The number of esters is 1. The van der Waals surface area contributed by atoms with E-state index >= 15 is 0 Å². The van der Waals surface area contributed by atoms with E-state index in [2.05, 4.69) is 38.8 Å². The number of unbranched alkanes of at least 4 members (excludes halogenated alkanes) is 1. The van der Waals surface area contributed by atoms with Gasteiger partial charge in [-0.05, 0) is 48.8 Å². The summed E-state index contributed by atoms with van der Waals surface area (Å²) >= 11 is 0. The van der Waals surface area contributed by atoms with Crippen molar-refractivity contribution in [3.63, 3.8) is 0 Å². The van der Waals surface area contributed by atoms with Gasteiger partial charge in [-0.2, -0.15) is 0 Å². The first-order valence-corrected chi connectivity index (χ1v) is 10.0. The second-order valence-corrected chi connectivity index (χ2v) is 7.03. The lowest BCUT2D eigenvalue weighted by Crippen LogP contribution is -2.26. The average Bonchev–Trinajstić information content (AvgIpc) is 2.73. The van der Waals surface area contributed by atoms with Gasteiger partial charge >= 0.3 is 5.97 Å². The van der Waals surface area contributed by atoms with E-state index in [0.29, 0.717) is 5.56 Å². The number of carbonyl (C=O) groups is 2. The second kappa shape index (κ2) is 15.1. The SMILES string of the molecule is C=O.CC.CCC(C)(C)c1cc(C)c(C(=O)OC)cc1N(C)CCCCOC. The molecule has 0 saturated carbocycles. The normalized spacial score (nSPS) is 10.2. The summed E-state index contributed by atoms with van der Waals surface area (Å²) in [4.78, 5) is 22.3. The topological polar surface area (TPSA) is 55.8 Å². The van der Waals surface area contributed by atoms with E-state index in [-0.39, 0.29) is 11.4 Å². The Kier molecular flexibility index (Phi) is 15.3. The zero-order chi connectivity index (χ0) is 22.3. The predicted molar refractivity (Wildman–Crippen MR) is 119 cm³/mol. The number of carbonyl (C=O) groups excluding carboxylic acids is 2. The first-order valence-electron chi connectivity index (χ1n) is 10.0. The third-order valence-corrected chi connectivity index (χ3v) is 4.86. The lowest BCUT2D eigenvalue weighted by atomic mass is 9.79. The van der Waals surface area contributed by atoms with Crippen LogP contribution in [0.15, 0.2) is 12.1 Å². The molecule has 0 fully saturated rings. The third kappa shape index (κ3) is 8.42. The molecule has 0 bridgehead atoms. The van der Waals surface area contributed by atoms with Gasteiger partial charge in [-0.3, -0.25) is 0 Å². The molecular formula is C23H41NO4. The van der Waals surface area contributed by atoms with Crippen LogP contribution in [-0.2, 0) is 19.7 Å². The van der Waals surface area contributed by atoms with Crippen molar-refractivity contribution in [3.8, 4) is 0 Å². The highest BCUT2D eigenvalue weighted by atomic mass is 16.5. The molecule has 0 amide bonds. The van der Waals surface area contributed by atoms with Gasteiger partial charge in [0.2, 0.25) is 0 Å². The van der Waals surface area contributed by atoms with E-state index in [1.165, 1.54) is 12.7 Å². The highest BCUT2D eigenvalue weighted by Crippen LogP contribution is 2.36. The molecule has 28 heavy (non-hydrogen) atoms. The van der Waals surface area contributed by atoms with E-state index in [0.717, 1.165) is 43.7 Å². The molecule has 5 nitrogen and oxygen atoms in total. The lowest BCUT2D eigenvalue weighted by Gasteiger charge is -2.32. The van der Waals surface area contributed by atoms with Crippen LogP contribution >= 0.6 is 0 Å². The fourth-order valence-electron chi connectivity index (χ4n) is 2.79. The van der Waals surface area contributed by atoms with Crippen LogP contribution in [0.4, 0.5) is 5.69 Å². The van der Waals surface area contributed by atoms with E-state index in [9.17, 15) is 4.79 Å². The minimum atomic E-state index is -0.276. The summed E-state index contributed by atoms with van der Waals surface area (Å²) in [7, 11) is 5.25. The lowest BCUT2D eigenvalue weighted by molar-refractivity contribution is -0.0980. The van der Waals surface area contributed by atoms with Gasteiger partial charge in [0, 0.05) is 33.0 Å². The molecule has 5 heteroatoms. The van der Waals surface area contributed by atoms with Crippen LogP contribution in [0.2, 0.25) is 0 Å². The smallest absolute Gasteiger partial charge is 0.338 e. The van der Waals surface area contributed by atoms with Gasteiger partial charge in [0.25, 0.3) is 0 Å². The van der Waals surface area contributed by atoms with Crippen molar-refractivity contribution in [1.29, 1.82) is 0 Å². The molecule has 0 aliphatic rings. The number of nitrogens with zero attached hydrogens (tertiary/aromatic N) is 1. The van der Waals surface area contributed by atoms with Gasteiger partial charge in [0.05, 0.1) is 12.7 Å². The van der Waals surface area contributed by atoms with E-state index < -0.39 is 0 Å². The first kappa shape index (κ1) is 28.3. The molecular weight excluding hydrogens is 354 g/mol. The number of ether oxygens (including phenoxy) is 2. The second-order valence-electron chi connectivity index (χ2n) is 7.03. The molecule has 0 saturated heterocycles. The van der Waals surface area contributed by atoms with E-state index in [4.69, 9.17) is 14.3 Å². The molecule has 0 aliphatic carbocycles. The van der Waals surface area contributed by atoms with Crippen LogP contribution < -0.4 is 4.90 Å². The number of benzene rings is 1. The van der Waals surface area contributed by atoms with Crippen molar-refractivity contribution in [2.75, 3.05) is 39.3 Å². The number of methoxy groups -OCH3 is 2. The Bertz CT molecular complexity index is 570. The summed E-state index contributed by atoms with van der Waals surface area (Å²) in [5.74, 6) is -0.276. The molecule has 0 radical (unpaired) electrons. The zero-order valence-corrected chi connectivity index (χ0v) is 19.5. The number of anilines is 1. The van der Waals surface area contributed by atoms with Gasteiger partial charge in [-0.25, -0.2) is 4.79 Å². The fraction of sp³-hybridized carbons (Fsp3) is 0.652. The fourth-order valence-corrected chi connectivity index (χ4v) is 2.79.